The Morgan fingerprint density at radius 3 is 2.60 bits per heavy atom. The number of hydrogen-bond acceptors (Lipinski definition) is 3. The Hall–Kier alpha value is -2.53. The van der Waals surface area contributed by atoms with Crippen LogP contribution in [-0.2, 0) is 4.79 Å². The monoisotopic (exact) mass is 359 g/mol. The fourth-order valence-corrected chi connectivity index (χ4v) is 2.91. The van der Waals surface area contributed by atoms with Gasteiger partial charge in [0.1, 0.15) is 6.04 Å². The van der Waals surface area contributed by atoms with Gasteiger partial charge in [-0.15, -0.1) is 12.4 Å². The minimum Gasteiger partial charge on any atom is -0.399 e. The summed E-state index contributed by atoms with van der Waals surface area (Å²) in [4.78, 5) is 26.8. The second-order valence-electron chi connectivity index (χ2n) is 6.12. The van der Waals surface area contributed by atoms with Crippen LogP contribution in [-0.4, -0.2) is 24.4 Å². The smallest absolute Gasteiger partial charge is 0.252 e. The average Bonchev–Trinajstić information content (AvgIpc) is 2.58. The predicted molar refractivity (Wildman–Crippen MR) is 102 cm³/mol. The van der Waals surface area contributed by atoms with Gasteiger partial charge in [-0.05, 0) is 50.1 Å². The van der Waals surface area contributed by atoms with Gasteiger partial charge in [-0.2, -0.15) is 0 Å². The Labute approximate surface area is 153 Å². The van der Waals surface area contributed by atoms with Crippen LogP contribution in [0.25, 0.3) is 0 Å². The van der Waals surface area contributed by atoms with Crippen molar-refractivity contribution in [2.24, 2.45) is 0 Å². The first-order chi connectivity index (χ1) is 11.5. The summed E-state index contributed by atoms with van der Waals surface area (Å²) in [7, 11) is 0. The van der Waals surface area contributed by atoms with E-state index in [2.05, 4.69) is 5.32 Å². The molecule has 0 aromatic heterocycles. The van der Waals surface area contributed by atoms with Gasteiger partial charge in [0.05, 0.1) is 0 Å². The molecule has 1 fully saturated rings. The summed E-state index contributed by atoms with van der Waals surface area (Å²) in [5.74, 6) is -0.339. The van der Waals surface area contributed by atoms with E-state index in [1.165, 1.54) is 0 Å². The average molecular weight is 360 g/mol. The summed E-state index contributed by atoms with van der Waals surface area (Å²) in [6, 6.07) is 14.1. The molecule has 1 aliphatic rings. The zero-order valence-electron chi connectivity index (χ0n) is 14.1. The van der Waals surface area contributed by atoms with Crippen LogP contribution in [0.2, 0.25) is 0 Å². The molecule has 2 aromatic rings. The van der Waals surface area contributed by atoms with Crippen LogP contribution in [0.15, 0.2) is 48.5 Å². The molecule has 132 valence electrons. The zero-order valence-corrected chi connectivity index (χ0v) is 14.9. The van der Waals surface area contributed by atoms with Gasteiger partial charge in [-0.1, -0.05) is 23.8 Å². The number of nitrogen functional groups attached to an aromatic ring is 1. The van der Waals surface area contributed by atoms with Gasteiger partial charge < -0.3 is 16.0 Å². The maximum atomic E-state index is 12.7. The van der Waals surface area contributed by atoms with Crippen LogP contribution in [0, 0.1) is 6.92 Å². The van der Waals surface area contributed by atoms with Crippen LogP contribution >= 0.6 is 12.4 Å². The molecule has 2 aromatic carbocycles. The lowest BCUT2D eigenvalue weighted by atomic mass is 10.0. The number of amides is 2. The maximum absolute atomic E-state index is 12.7. The lowest BCUT2D eigenvalue weighted by molar-refractivity contribution is -0.121. The van der Waals surface area contributed by atoms with Gasteiger partial charge in [0.2, 0.25) is 5.91 Å². The van der Waals surface area contributed by atoms with Crippen molar-refractivity contribution >= 4 is 35.6 Å². The highest BCUT2D eigenvalue weighted by Gasteiger charge is 2.30. The van der Waals surface area contributed by atoms with Gasteiger partial charge >= 0.3 is 0 Å². The molecule has 5 nitrogen and oxygen atoms in total. The first-order valence-electron chi connectivity index (χ1n) is 8.09. The number of benzene rings is 2. The van der Waals surface area contributed by atoms with E-state index in [0.717, 1.165) is 17.7 Å². The molecule has 0 bridgehead atoms. The van der Waals surface area contributed by atoms with Gasteiger partial charge in [0, 0.05) is 23.5 Å². The lowest BCUT2D eigenvalue weighted by Crippen LogP contribution is -2.52. The number of nitrogens with zero attached hydrogens (tertiary/aromatic N) is 1. The molecular weight excluding hydrogens is 338 g/mol. The molecule has 1 heterocycles. The van der Waals surface area contributed by atoms with E-state index in [1.807, 2.05) is 31.2 Å². The van der Waals surface area contributed by atoms with Crippen LogP contribution in [0.4, 0.5) is 11.4 Å². The number of hydrogen-bond donors (Lipinski definition) is 2. The number of aryl methyl sites for hydroxylation is 1. The molecule has 0 radical (unpaired) electrons. The standard InChI is InChI=1S/C19H21N3O2.ClH/c1-13-7-9-16(10-8-13)22-11-3-6-17(19(22)24)21-18(23)14-4-2-5-15(20)12-14;/h2,4-5,7-10,12,17H,3,6,11,20H2,1H3,(H,21,23);1H. The number of anilines is 2. The molecule has 0 spiro atoms. The van der Waals surface area contributed by atoms with Crippen molar-refractivity contribution in [3.63, 3.8) is 0 Å². The second-order valence-corrected chi connectivity index (χ2v) is 6.12. The summed E-state index contributed by atoms with van der Waals surface area (Å²) < 4.78 is 0. The Morgan fingerprint density at radius 2 is 1.92 bits per heavy atom. The third-order valence-corrected chi connectivity index (χ3v) is 4.24. The number of nitrogens with one attached hydrogen (secondary N) is 1. The molecule has 0 aliphatic carbocycles. The number of halogens is 1. The molecule has 1 unspecified atom stereocenters. The van der Waals surface area contributed by atoms with Crippen molar-refractivity contribution in [1.82, 2.24) is 5.32 Å². The number of carbonyl (C=O) groups is 2. The summed E-state index contributed by atoms with van der Waals surface area (Å²) in [5, 5.41) is 2.84. The molecule has 0 saturated carbocycles. The van der Waals surface area contributed by atoms with Crippen LogP contribution in [0.3, 0.4) is 0 Å². The molecule has 1 saturated heterocycles. The van der Waals surface area contributed by atoms with Crippen molar-refractivity contribution in [3.8, 4) is 0 Å². The summed E-state index contributed by atoms with van der Waals surface area (Å²) >= 11 is 0. The lowest BCUT2D eigenvalue weighted by Gasteiger charge is -2.32. The molecule has 25 heavy (non-hydrogen) atoms. The van der Waals surface area contributed by atoms with Crippen LogP contribution < -0.4 is 16.0 Å². The van der Waals surface area contributed by atoms with Crippen molar-refractivity contribution < 1.29 is 9.59 Å². The van der Waals surface area contributed by atoms with E-state index in [1.54, 1.807) is 29.2 Å². The second kappa shape index (κ2) is 8.03. The highest BCUT2D eigenvalue weighted by atomic mass is 35.5. The first kappa shape index (κ1) is 18.8. The Kier molecular flexibility index (Phi) is 6.04. The van der Waals surface area contributed by atoms with E-state index < -0.39 is 6.04 Å². The van der Waals surface area contributed by atoms with E-state index in [9.17, 15) is 9.59 Å². The third kappa shape index (κ3) is 4.31. The molecule has 1 aliphatic heterocycles. The minimum atomic E-state index is -0.506. The predicted octanol–water partition coefficient (Wildman–Crippen LogP) is 2.92. The number of carbonyl (C=O) groups excluding carboxylic acids is 2. The number of nitrogens with two attached hydrogens (primary N) is 1. The largest absolute Gasteiger partial charge is 0.399 e. The fourth-order valence-electron chi connectivity index (χ4n) is 2.91. The van der Waals surface area contributed by atoms with E-state index >= 15 is 0 Å². The summed E-state index contributed by atoms with van der Waals surface area (Å²) in [6.45, 7) is 2.68. The maximum Gasteiger partial charge on any atom is 0.252 e. The number of rotatable bonds is 3. The normalized spacial score (nSPS) is 16.9. The van der Waals surface area contributed by atoms with E-state index in [-0.39, 0.29) is 24.2 Å². The Balaban J connectivity index is 0.00000225. The van der Waals surface area contributed by atoms with Gasteiger partial charge in [0.25, 0.3) is 5.91 Å². The Bertz CT molecular complexity index is 762. The quantitative estimate of drug-likeness (QED) is 0.827. The molecule has 2 amide bonds. The molecular formula is C19H22ClN3O2. The van der Waals surface area contributed by atoms with Crippen molar-refractivity contribution in [3.05, 3.63) is 59.7 Å². The van der Waals surface area contributed by atoms with E-state index in [0.29, 0.717) is 24.2 Å². The molecule has 3 rings (SSSR count). The Morgan fingerprint density at radius 1 is 1.20 bits per heavy atom. The van der Waals surface area contributed by atoms with Crippen molar-refractivity contribution in [2.75, 3.05) is 17.2 Å². The zero-order chi connectivity index (χ0) is 17.1. The van der Waals surface area contributed by atoms with Crippen LogP contribution in [0.1, 0.15) is 28.8 Å². The highest BCUT2D eigenvalue weighted by molar-refractivity contribution is 6.03. The van der Waals surface area contributed by atoms with E-state index in [4.69, 9.17) is 5.73 Å². The first-order valence-corrected chi connectivity index (χ1v) is 8.09. The summed E-state index contributed by atoms with van der Waals surface area (Å²) in [5.41, 5.74) is 8.72. The third-order valence-electron chi connectivity index (χ3n) is 4.24. The molecule has 6 heteroatoms. The molecule has 3 N–H and O–H groups in total. The molecule has 1 atom stereocenters. The van der Waals surface area contributed by atoms with Crippen LogP contribution in [0.5, 0.6) is 0 Å². The fraction of sp³-hybridized carbons (Fsp3) is 0.263. The van der Waals surface area contributed by atoms with Crippen molar-refractivity contribution in [1.29, 1.82) is 0 Å². The SMILES string of the molecule is Cc1ccc(N2CCCC(NC(=O)c3cccc(N)c3)C2=O)cc1.Cl. The van der Waals surface area contributed by atoms with Gasteiger partial charge in [-0.3, -0.25) is 9.59 Å². The topological polar surface area (TPSA) is 75.4 Å². The van der Waals surface area contributed by atoms with Gasteiger partial charge in [-0.25, -0.2) is 0 Å². The van der Waals surface area contributed by atoms with Crippen molar-refractivity contribution in [2.45, 2.75) is 25.8 Å². The number of piperidine rings is 1. The van der Waals surface area contributed by atoms with Gasteiger partial charge in [0.15, 0.2) is 0 Å². The highest BCUT2D eigenvalue weighted by Crippen LogP contribution is 2.22. The summed E-state index contributed by atoms with van der Waals surface area (Å²) in [6.07, 6.45) is 1.50. The minimum absolute atomic E-state index is 0.